The van der Waals surface area contributed by atoms with Crippen molar-refractivity contribution >= 4 is 33.3 Å². The Morgan fingerprint density at radius 1 is 1.16 bits per heavy atom. The lowest BCUT2D eigenvalue weighted by Crippen LogP contribution is -2.39. The molecule has 0 fully saturated rings. The van der Waals surface area contributed by atoms with Crippen molar-refractivity contribution in [2.24, 2.45) is 5.41 Å². The van der Waals surface area contributed by atoms with Crippen LogP contribution in [0.1, 0.15) is 45.1 Å². The third-order valence-corrected chi connectivity index (χ3v) is 6.26. The van der Waals surface area contributed by atoms with E-state index < -0.39 is 5.92 Å². The Hall–Kier alpha value is -2.73. The molecule has 1 aliphatic heterocycles. The predicted molar refractivity (Wildman–Crippen MR) is 123 cm³/mol. The van der Waals surface area contributed by atoms with Crippen LogP contribution >= 0.6 is 15.9 Å². The first-order valence-electron chi connectivity index (χ1n) is 10.2. The lowest BCUT2D eigenvalue weighted by atomic mass is 9.68. The van der Waals surface area contributed by atoms with Crippen LogP contribution in [0.2, 0.25) is 0 Å². The molecule has 1 aliphatic carbocycles. The predicted octanol–water partition coefficient (Wildman–Crippen LogP) is 5.83. The van der Waals surface area contributed by atoms with Gasteiger partial charge in [-0.3, -0.25) is 9.59 Å². The van der Waals surface area contributed by atoms with Crippen LogP contribution in [0.4, 0.5) is 10.1 Å². The second-order valence-electron chi connectivity index (χ2n) is 8.95. The van der Waals surface area contributed by atoms with Crippen LogP contribution in [0.3, 0.4) is 0 Å². The second kappa shape index (κ2) is 8.08. The van der Waals surface area contributed by atoms with E-state index in [1.165, 1.54) is 24.3 Å². The molecule has 1 heterocycles. The molecule has 0 aromatic heterocycles. The number of benzene rings is 2. The quantitative estimate of drug-likeness (QED) is 0.578. The van der Waals surface area contributed by atoms with Crippen molar-refractivity contribution in [1.29, 1.82) is 0 Å². The van der Waals surface area contributed by atoms with Crippen molar-refractivity contribution in [1.82, 2.24) is 5.32 Å². The zero-order valence-electron chi connectivity index (χ0n) is 17.7. The summed E-state index contributed by atoms with van der Waals surface area (Å²) in [6, 6.07) is 13.4. The number of hydrogen-bond donors (Lipinski definition) is 2. The highest BCUT2D eigenvalue weighted by Crippen LogP contribution is 2.47. The summed E-state index contributed by atoms with van der Waals surface area (Å²) in [5, 5.41) is 6.21. The van der Waals surface area contributed by atoms with Crippen molar-refractivity contribution in [3.05, 3.63) is 86.9 Å². The lowest BCUT2D eigenvalue weighted by molar-refractivity contribution is -0.118. The van der Waals surface area contributed by atoms with E-state index in [0.717, 1.165) is 22.2 Å². The monoisotopic (exact) mass is 482 g/mol. The normalized spacial score (nSPS) is 20.3. The van der Waals surface area contributed by atoms with Crippen LogP contribution < -0.4 is 10.6 Å². The average Bonchev–Trinajstić information content (AvgIpc) is 2.67. The first-order chi connectivity index (χ1) is 14.6. The Morgan fingerprint density at radius 3 is 2.55 bits per heavy atom. The largest absolute Gasteiger partial charge is 0.362 e. The third kappa shape index (κ3) is 4.35. The Bertz CT molecular complexity index is 1130. The Kier molecular flexibility index (Phi) is 5.60. The summed E-state index contributed by atoms with van der Waals surface area (Å²) in [5.74, 6) is -1.10. The van der Waals surface area contributed by atoms with Crippen molar-refractivity contribution < 1.29 is 14.0 Å². The van der Waals surface area contributed by atoms with Gasteiger partial charge in [0.1, 0.15) is 5.82 Å². The molecule has 2 aromatic rings. The molecule has 0 radical (unpaired) electrons. The smallest absolute Gasteiger partial charge is 0.254 e. The summed E-state index contributed by atoms with van der Waals surface area (Å²) in [5.41, 5.74) is 3.99. The van der Waals surface area contributed by atoms with Crippen LogP contribution in [0.15, 0.2) is 75.5 Å². The van der Waals surface area contributed by atoms with Crippen molar-refractivity contribution in [3.8, 4) is 0 Å². The highest BCUT2D eigenvalue weighted by molar-refractivity contribution is 9.10. The van der Waals surface area contributed by atoms with Gasteiger partial charge in [0.05, 0.1) is 0 Å². The fourth-order valence-electron chi connectivity index (χ4n) is 4.49. The first-order valence-corrected chi connectivity index (χ1v) is 11.0. The summed E-state index contributed by atoms with van der Waals surface area (Å²) in [6.45, 7) is 6.03. The minimum atomic E-state index is -0.474. The number of carbonyl (C=O) groups is 2. The third-order valence-electron chi connectivity index (χ3n) is 5.77. The Labute approximate surface area is 189 Å². The van der Waals surface area contributed by atoms with E-state index in [0.29, 0.717) is 29.0 Å². The molecule has 6 heteroatoms. The van der Waals surface area contributed by atoms with E-state index in [4.69, 9.17) is 0 Å². The molecular weight excluding hydrogens is 459 g/mol. The molecule has 0 saturated heterocycles. The highest BCUT2D eigenvalue weighted by Gasteiger charge is 2.42. The highest BCUT2D eigenvalue weighted by atomic mass is 79.9. The summed E-state index contributed by atoms with van der Waals surface area (Å²) >= 11 is 3.51. The minimum Gasteiger partial charge on any atom is -0.362 e. The topological polar surface area (TPSA) is 58.2 Å². The Morgan fingerprint density at radius 2 is 1.87 bits per heavy atom. The van der Waals surface area contributed by atoms with E-state index in [2.05, 4.69) is 40.4 Å². The summed E-state index contributed by atoms with van der Waals surface area (Å²) in [4.78, 5) is 26.7. The van der Waals surface area contributed by atoms with Crippen LogP contribution in [0.5, 0.6) is 0 Å². The molecule has 2 aromatic carbocycles. The van der Waals surface area contributed by atoms with Crippen LogP contribution in [-0.4, -0.2) is 11.7 Å². The van der Waals surface area contributed by atoms with Crippen molar-refractivity contribution in [2.45, 2.75) is 39.5 Å². The SMILES string of the molecule is CC1=C(C(=O)Nc2ccc(F)cc2)[C@H](c2cccc(Br)c2)C2=C(CC(C)(C)CC2=O)N1. The van der Waals surface area contributed by atoms with E-state index in [9.17, 15) is 14.0 Å². The molecule has 4 nitrogen and oxygen atoms in total. The first kappa shape index (κ1) is 21.5. The number of carbonyl (C=O) groups excluding carboxylic acids is 2. The van der Waals surface area contributed by atoms with Gasteiger partial charge in [-0.25, -0.2) is 4.39 Å². The number of nitrogens with one attached hydrogen (secondary N) is 2. The number of Topliss-reactive ketones (excluding diaryl/α,β-unsaturated/α-hetero) is 1. The molecule has 2 N–H and O–H groups in total. The van der Waals surface area contributed by atoms with Crippen LogP contribution in [-0.2, 0) is 9.59 Å². The van der Waals surface area contributed by atoms with Gasteiger partial charge in [-0.2, -0.15) is 0 Å². The average molecular weight is 483 g/mol. The number of ketones is 1. The summed E-state index contributed by atoms with van der Waals surface area (Å²) < 4.78 is 14.2. The van der Waals surface area contributed by atoms with Gasteiger partial charge in [0.25, 0.3) is 5.91 Å². The van der Waals surface area contributed by atoms with Gasteiger partial charge in [-0.1, -0.05) is 41.9 Å². The molecular formula is C25H24BrFN2O2. The van der Waals surface area contributed by atoms with Gasteiger partial charge in [-0.05, 0) is 60.7 Å². The van der Waals surface area contributed by atoms with E-state index >= 15 is 0 Å². The molecule has 2 aliphatic rings. The fourth-order valence-corrected chi connectivity index (χ4v) is 4.91. The zero-order valence-corrected chi connectivity index (χ0v) is 19.3. The second-order valence-corrected chi connectivity index (χ2v) is 9.86. The van der Waals surface area contributed by atoms with Gasteiger partial charge in [0.15, 0.2) is 5.78 Å². The summed E-state index contributed by atoms with van der Waals surface area (Å²) in [6.07, 6.45) is 1.17. The molecule has 0 bridgehead atoms. The number of anilines is 1. The van der Waals surface area contributed by atoms with E-state index in [1.54, 1.807) is 0 Å². The molecule has 0 spiro atoms. The molecule has 1 amide bonds. The van der Waals surface area contributed by atoms with Gasteiger partial charge < -0.3 is 10.6 Å². The maximum atomic E-state index is 13.4. The molecule has 4 rings (SSSR count). The molecule has 0 saturated carbocycles. The van der Waals surface area contributed by atoms with Gasteiger partial charge in [0, 0.05) is 45.0 Å². The number of rotatable bonds is 3. The minimum absolute atomic E-state index is 0.0586. The molecule has 1 atom stereocenters. The van der Waals surface area contributed by atoms with Crippen molar-refractivity contribution in [2.75, 3.05) is 5.32 Å². The molecule has 31 heavy (non-hydrogen) atoms. The maximum Gasteiger partial charge on any atom is 0.254 e. The summed E-state index contributed by atoms with van der Waals surface area (Å²) in [7, 11) is 0. The fraction of sp³-hybridized carbons (Fsp3) is 0.280. The number of amides is 1. The van der Waals surface area contributed by atoms with E-state index in [1.807, 2.05) is 31.2 Å². The van der Waals surface area contributed by atoms with Gasteiger partial charge in [-0.15, -0.1) is 0 Å². The number of allylic oxidation sites excluding steroid dienone is 3. The van der Waals surface area contributed by atoms with Crippen LogP contribution in [0.25, 0.3) is 0 Å². The molecule has 0 unspecified atom stereocenters. The number of hydrogen-bond acceptors (Lipinski definition) is 3. The zero-order chi connectivity index (χ0) is 22.3. The number of halogens is 2. The Balaban J connectivity index is 1.80. The lowest BCUT2D eigenvalue weighted by Gasteiger charge is -2.39. The van der Waals surface area contributed by atoms with E-state index in [-0.39, 0.29) is 22.9 Å². The van der Waals surface area contributed by atoms with Crippen LogP contribution in [0, 0.1) is 11.2 Å². The molecule has 160 valence electrons. The van der Waals surface area contributed by atoms with Crippen molar-refractivity contribution in [3.63, 3.8) is 0 Å². The number of dihydropyridines is 1. The standard InChI is InChI=1S/C25H24BrFN2O2/c1-14-21(24(31)29-18-9-7-17(27)8-10-18)22(15-5-4-6-16(26)11-15)23-19(28-14)12-25(2,3)13-20(23)30/h4-11,22,28H,12-13H2,1-3H3,(H,29,31)/t22-/m0/s1. The van der Waals surface area contributed by atoms with Gasteiger partial charge >= 0.3 is 0 Å². The maximum absolute atomic E-state index is 13.4. The van der Waals surface area contributed by atoms with Gasteiger partial charge in [0.2, 0.25) is 0 Å².